The maximum absolute atomic E-state index is 13.3. The average Bonchev–Trinajstić information content (AvgIpc) is 2.70. The molecule has 2 aromatic carbocycles. The van der Waals surface area contributed by atoms with E-state index in [1.54, 1.807) is 23.1 Å². The highest BCUT2D eigenvalue weighted by atomic mass is 35.5. The van der Waals surface area contributed by atoms with E-state index in [1.165, 1.54) is 11.8 Å². The molecule has 2 aromatic rings. The molecule has 2 rings (SSSR count). The Kier molecular flexibility index (Phi) is 10.2. The summed E-state index contributed by atoms with van der Waals surface area (Å²) in [6, 6.07) is 12.8. The fourth-order valence-corrected chi connectivity index (χ4v) is 4.91. The van der Waals surface area contributed by atoms with Crippen LogP contribution in [-0.2, 0) is 21.9 Å². The second-order valence-electron chi connectivity index (χ2n) is 7.73. The third-order valence-corrected chi connectivity index (χ3v) is 6.60. The minimum absolute atomic E-state index is 0.00806. The number of benzene rings is 2. The molecule has 0 aromatic heterocycles. The second-order valence-corrected chi connectivity index (χ2v) is 9.53. The smallest absolute Gasteiger partial charge is 0.243 e. The Labute approximate surface area is 199 Å². The summed E-state index contributed by atoms with van der Waals surface area (Å²) in [5.41, 5.74) is 2.94. The van der Waals surface area contributed by atoms with Crippen LogP contribution in [0.25, 0.3) is 0 Å². The van der Waals surface area contributed by atoms with Crippen molar-refractivity contribution < 1.29 is 9.59 Å². The van der Waals surface area contributed by atoms with Crippen molar-refractivity contribution in [1.82, 2.24) is 10.2 Å². The Morgan fingerprint density at radius 3 is 2.29 bits per heavy atom. The summed E-state index contributed by atoms with van der Waals surface area (Å²) in [6.07, 6.45) is 0.539. The zero-order chi connectivity index (χ0) is 23.0. The lowest BCUT2D eigenvalue weighted by Crippen LogP contribution is -2.51. The predicted octanol–water partition coefficient (Wildman–Crippen LogP) is 5.87. The molecule has 0 aliphatic rings. The monoisotopic (exact) mass is 480 g/mol. The van der Waals surface area contributed by atoms with Crippen LogP contribution in [0.15, 0.2) is 42.5 Å². The van der Waals surface area contributed by atoms with Crippen LogP contribution in [0.4, 0.5) is 0 Å². The van der Waals surface area contributed by atoms with Gasteiger partial charge in [-0.2, -0.15) is 0 Å². The largest absolute Gasteiger partial charge is 0.352 e. The first kappa shape index (κ1) is 25.6. The van der Waals surface area contributed by atoms with Crippen molar-refractivity contribution in [3.8, 4) is 0 Å². The average molecular weight is 481 g/mol. The zero-order valence-electron chi connectivity index (χ0n) is 18.5. The van der Waals surface area contributed by atoms with Gasteiger partial charge in [-0.05, 0) is 56.0 Å². The summed E-state index contributed by atoms with van der Waals surface area (Å²) in [7, 11) is 0. The van der Waals surface area contributed by atoms with Crippen molar-refractivity contribution >= 4 is 46.8 Å². The lowest BCUT2D eigenvalue weighted by molar-refractivity contribution is -0.139. The molecular formula is C24H30Cl2N2O2S. The van der Waals surface area contributed by atoms with Crippen molar-refractivity contribution in [2.24, 2.45) is 0 Å². The summed E-state index contributed by atoms with van der Waals surface area (Å²) in [4.78, 5) is 27.8. The summed E-state index contributed by atoms with van der Waals surface area (Å²) >= 11 is 13.9. The molecule has 1 atom stereocenters. The van der Waals surface area contributed by atoms with Crippen LogP contribution in [0, 0.1) is 6.92 Å². The Bertz CT molecular complexity index is 885. The van der Waals surface area contributed by atoms with E-state index in [4.69, 9.17) is 23.2 Å². The van der Waals surface area contributed by atoms with Gasteiger partial charge in [-0.3, -0.25) is 9.59 Å². The molecule has 2 amide bonds. The number of rotatable bonds is 10. The molecule has 7 heteroatoms. The van der Waals surface area contributed by atoms with E-state index < -0.39 is 6.04 Å². The molecule has 0 saturated heterocycles. The highest BCUT2D eigenvalue weighted by molar-refractivity contribution is 7.99. The van der Waals surface area contributed by atoms with Gasteiger partial charge in [0.2, 0.25) is 11.8 Å². The molecule has 0 aliphatic heterocycles. The van der Waals surface area contributed by atoms with Crippen LogP contribution in [0.2, 0.25) is 10.0 Å². The molecule has 0 heterocycles. The normalized spacial score (nSPS) is 12.0. The fourth-order valence-electron chi connectivity index (χ4n) is 3.26. The van der Waals surface area contributed by atoms with Crippen molar-refractivity contribution in [1.29, 1.82) is 0 Å². The van der Waals surface area contributed by atoms with Gasteiger partial charge in [0.15, 0.2) is 0 Å². The Balaban J connectivity index is 2.18. The minimum Gasteiger partial charge on any atom is -0.352 e. The molecule has 0 bridgehead atoms. The van der Waals surface area contributed by atoms with Crippen LogP contribution in [0.1, 0.15) is 43.9 Å². The van der Waals surface area contributed by atoms with Crippen molar-refractivity contribution in [2.45, 2.75) is 58.5 Å². The third-order valence-electron chi connectivity index (χ3n) is 4.95. The summed E-state index contributed by atoms with van der Waals surface area (Å²) in [6.45, 7) is 8.17. The molecule has 0 radical (unpaired) electrons. The number of aryl methyl sites for hydroxylation is 1. The molecule has 0 spiro atoms. The number of thioether (sulfide) groups is 1. The van der Waals surface area contributed by atoms with Gasteiger partial charge in [-0.25, -0.2) is 0 Å². The first-order valence-electron chi connectivity index (χ1n) is 10.4. The molecule has 0 saturated carbocycles. The Hall–Kier alpha value is -1.69. The molecule has 0 unspecified atom stereocenters. The lowest BCUT2D eigenvalue weighted by Gasteiger charge is -2.31. The Morgan fingerprint density at radius 1 is 1.06 bits per heavy atom. The first-order chi connectivity index (χ1) is 14.7. The van der Waals surface area contributed by atoms with E-state index in [0.717, 1.165) is 16.7 Å². The van der Waals surface area contributed by atoms with Crippen LogP contribution in [0.3, 0.4) is 0 Å². The number of hydrogen-bond acceptors (Lipinski definition) is 3. The third kappa shape index (κ3) is 7.44. The number of amides is 2. The summed E-state index contributed by atoms with van der Waals surface area (Å²) < 4.78 is 0. The van der Waals surface area contributed by atoms with Crippen molar-refractivity contribution in [2.75, 3.05) is 5.75 Å². The van der Waals surface area contributed by atoms with Gasteiger partial charge in [0.25, 0.3) is 0 Å². The molecular weight excluding hydrogens is 451 g/mol. The van der Waals surface area contributed by atoms with Gasteiger partial charge in [0, 0.05) is 28.4 Å². The topological polar surface area (TPSA) is 49.4 Å². The van der Waals surface area contributed by atoms with Gasteiger partial charge >= 0.3 is 0 Å². The first-order valence-corrected chi connectivity index (χ1v) is 12.3. The van der Waals surface area contributed by atoms with E-state index in [9.17, 15) is 9.59 Å². The number of carbonyl (C=O) groups excluding carboxylic acids is 2. The van der Waals surface area contributed by atoms with E-state index in [0.29, 0.717) is 28.8 Å². The number of halogens is 2. The molecule has 168 valence electrons. The van der Waals surface area contributed by atoms with Gasteiger partial charge in [-0.15, -0.1) is 11.8 Å². The quantitative estimate of drug-likeness (QED) is 0.462. The zero-order valence-corrected chi connectivity index (χ0v) is 20.8. The van der Waals surface area contributed by atoms with Crippen LogP contribution < -0.4 is 5.32 Å². The molecule has 31 heavy (non-hydrogen) atoms. The number of carbonyl (C=O) groups is 2. The predicted molar refractivity (Wildman–Crippen MR) is 132 cm³/mol. The number of nitrogens with zero attached hydrogens (tertiary/aromatic N) is 1. The maximum Gasteiger partial charge on any atom is 0.243 e. The Morgan fingerprint density at radius 2 is 1.71 bits per heavy atom. The van der Waals surface area contributed by atoms with Crippen molar-refractivity contribution in [3.05, 3.63) is 69.2 Å². The van der Waals surface area contributed by atoms with Gasteiger partial charge in [-0.1, -0.05) is 60.5 Å². The van der Waals surface area contributed by atoms with E-state index in [2.05, 4.69) is 5.32 Å². The van der Waals surface area contributed by atoms with Crippen LogP contribution >= 0.6 is 35.0 Å². The van der Waals surface area contributed by atoms with Crippen LogP contribution in [0.5, 0.6) is 0 Å². The summed E-state index contributed by atoms with van der Waals surface area (Å²) in [5.74, 6) is 0.553. The SMILES string of the molecule is CC[C@H](C(=O)NC(C)C)N(Cc1ccccc1C)C(=O)CSCc1c(Cl)cccc1Cl. The molecule has 1 N–H and O–H groups in total. The maximum atomic E-state index is 13.3. The van der Waals surface area contributed by atoms with Gasteiger partial charge in [0.1, 0.15) is 6.04 Å². The van der Waals surface area contributed by atoms with Crippen molar-refractivity contribution in [3.63, 3.8) is 0 Å². The highest BCUT2D eigenvalue weighted by Gasteiger charge is 2.29. The lowest BCUT2D eigenvalue weighted by atomic mass is 10.1. The van der Waals surface area contributed by atoms with E-state index >= 15 is 0 Å². The number of hydrogen-bond donors (Lipinski definition) is 1. The van der Waals surface area contributed by atoms with E-state index in [1.807, 2.05) is 52.0 Å². The van der Waals surface area contributed by atoms with E-state index in [-0.39, 0.29) is 23.6 Å². The minimum atomic E-state index is -0.529. The summed E-state index contributed by atoms with van der Waals surface area (Å²) in [5, 5.41) is 4.13. The standard InChI is InChI=1S/C24H30Cl2N2O2S/c1-5-22(24(30)27-16(2)3)28(13-18-10-7-6-9-17(18)4)23(29)15-31-14-19-20(25)11-8-12-21(19)26/h6-12,16,22H,5,13-15H2,1-4H3,(H,27,30)/t22-/m1/s1. The van der Waals surface area contributed by atoms with Crippen LogP contribution in [-0.4, -0.2) is 34.6 Å². The molecule has 4 nitrogen and oxygen atoms in total. The van der Waals surface area contributed by atoms with Gasteiger partial charge in [0.05, 0.1) is 5.75 Å². The fraction of sp³-hybridized carbons (Fsp3) is 0.417. The number of nitrogens with one attached hydrogen (secondary N) is 1. The molecule has 0 fully saturated rings. The second kappa shape index (κ2) is 12.4. The van der Waals surface area contributed by atoms with Gasteiger partial charge < -0.3 is 10.2 Å². The molecule has 0 aliphatic carbocycles. The highest BCUT2D eigenvalue weighted by Crippen LogP contribution is 2.28.